The second kappa shape index (κ2) is 10.2. The molecule has 1 saturated carbocycles. The molecule has 2 aliphatic rings. The van der Waals surface area contributed by atoms with Crippen LogP contribution >= 0.6 is 23.4 Å². The number of amides is 2. The molecule has 186 valence electrons. The fourth-order valence-electron chi connectivity index (χ4n) is 3.84. The highest BCUT2D eigenvalue weighted by atomic mass is 35.5. The van der Waals surface area contributed by atoms with E-state index in [1.165, 1.54) is 11.8 Å². The molecule has 1 aliphatic carbocycles. The zero-order valence-corrected chi connectivity index (χ0v) is 21.4. The van der Waals surface area contributed by atoms with E-state index in [4.69, 9.17) is 16.3 Å². The van der Waals surface area contributed by atoms with Crippen molar-refractivity contribution in [2.45, 2.75) is 62.9 Å². The maximum Gasteiger partial charge on any atom is 0.408 e. The van der Waals surface area contributed by atoms with Crippen LogP contribution in [0.25, 0.3) is 0 Å². The maximum absolute atomic E-state index is 13.7. The van der Waals surface area contributed by atoms with Crippen LogP contribution < -0.4 is 10.2 Å². The number of benzene rings is 2. The zero-order valence-electron chi connectivity index (χ0n) is 19.8. The first-order valence-electron chi connectivity index (χ1n) is 11.5. The summed E-state index contributed by atoms with van der Waals surface area (Å²) in [6.45, 7) is 5.49. The van der Waals surface area contributed by atoms with E-state index < -0.39 is 23.9 Å². The number of alkyl carbamates (subject to hydrolysis) is 1. The van der Waals surface area contributed by atoms with E-state index >= 15 is 0 Å². The largest absolute Gasteiger partial charge is 0.444 e. The Morgan fingerprint density at radius 2 is 1.89 bits per heavy atom. The van der Waals surface area contributed by atoms with Crippen molar-refractivity contribution in [3.8, 4) is 0 Å². The Kier molecular flexibility index (Phi) is 7.43. The van der Waals surface area contributed by atoms with Gasteiger partial charge in [-0.3, -0.25) is 9.59 Å². The van der Waals surface area contributed by atoms with Gasteiger partial charge in [-0.25, -0.2) is 9.18 Å². The number of ether oxygens (including phenoxy) is 1. The highest BCUT2D eigenvalue weighted by Crippen LogP contribution is 2.40. The summed E-state index contributed by atoms with van der Waals surface area (Å²) in [5, 5.41) is 3.28. The standard InChI is InChI=1S/C26H28ClFN2O4S/c1-26(2,3)34-25(33)29-20-14-35-23-9-6-16(22(31)12-17-10-19(17)28)11-21(23)30(24(20)32)13-15-4-7-18(27)8-5-15/h4-9,11,17,19-20H,10,12-14H2,1-3H3,(H,29,33)/t17-,19-,20-/m0/s1. The fourth-order valence-corrected chi connectivity index (χ4v) is 5.02. The second-order valence-corrected chi connectivity index (χ2v) is 11.4. The lowest BCUT2D eigenvalue weighted by Crippen LogP contribution is -2.50. The molecule has 6 nitrogen and oxygen atoms in total. The van der Waals surface area contributed by atoms with Gasteiger partial charge >= 0.3 is 6.09 Å². The van der Waals surface area contributed by atoms with E-state index in [2.05, 4.69) is 5.32 Å². The number of fused-ring (bicyclic) bond motifs is 1. The zero-order chi connectivity index (χ0) is 25.3. The number of ketones is 1. The van der Waals surface area contributed by atoms with Crippen LogP contribution in [0.5, 0.6) is 0 Å². The van der Waals surface area contributed by atoms with E-state index in [0.717, 1.165) is 10.5 Å². The molecule has 0 bridgehead atoms. The molecular weight excluding hydrogens is 491 g/mol. The van der Waals surface area contributed by atoms with Crippen LogP contribution in [0.15, 0.2) is 47.4 Å². The van der Waals surface area contributed by atoms with E-state index in [0.29, 0.717) is 28.4 Å². The predicted octanol–water partition coefficient (Wildman–Crippen LogP) is 5.80. The Hall–Kier alpha value is -2.58. The third kappa shape index (κ3) is 6.55. The molecule has 0 spiro atoms. The van der Waals surface area contributed by atoms with Crippen LogP contribution in [0.1, 0.15) is 49.5 Å². The number of thioether (sulfide) groups is 1. The number of nitrogens with zero attached hydrogens (tertiary/aromatic N) is 1. The molecule has 1 aliphatic heterocycles. The summed E-state index contributed by atoms with van der Waals surface area (Å²) in [7, 11) is 0. The van der Waals surface area contributed by atoms with Gasteiger partial charge in [-0.15, -0.1) is 11.8 Å². The normalized spacial score (nSPS) is 21.7. The highest BCUT2D eigenvalue weighted by Gasteiger charge is 2.39. The van der Waals surface area contributed by atoms with Gasteiger partial charge in [0.05, 0.1) is 12.2 Å². The number of Topliss-reactive ketones (excluding diaryl/α,β-unsaturated/α-hetero) is 1. The number of anilines is 1. The first-order chi connectivity index (χ1) is 16.5. The van der Waals surface area contributed by atoms with Crippen molar-refractivity contribution in [1.29, 1.82) is 0 Å². The average molecular weight is 519 g/mol. The number of alkyl halides is 1. The van der Waals surface area contributed by atoms with Crippen molar-refractivity contribution in [2.75, 3.05) is 10.7 Å². The molecule has 1 fully saturated rings. The highest BCUT2D eigenvalue weighted by molar-refractivity contribution is 7.99. The molecule has 4 rings (SSSR count). The number of hydrogen-bond donors (Lipinski definition) is 1. The Balaban J connectivity index is 1.63. The maximum atomic E-state index is 13.7. The number of halogens is 2. The summed E-state index contributed by atoms with van der Waals surface area (Å²) in [5.74, 6) is -0.367. The average Bonchev–Trinajstić information content (AvgIpc) is 3.50. The van der Waals surface area contributed by atoms with E-state index in [1.807, 2.05) is 18.2 Å². The lowest BCUT2D eigenvalue weighted by molar-refractivity contribution is -0.120. The quantitative estimate of drug-likeness (QED) is 0.489. The molecule has 35 heavy (non-hydrogen) atoms. The number of hydrogen-bond acceptors (Lipinski definition) is 5. The van der Waals surface area contributed by atoms with Crippen molar-refractivity contribution in [1.82, 2.24) is 5.32 Å². The topological polar surface area (TPSA) is 75.7 Å². The van der Waals surface area contributed by atoms with E-state index in [-0.39, 0.29) is 30.6 Å². The smallest absolute Gasteiger partial charge is 0.408 e. The third-order valence-corrected chi connectivity index (χ3v) is 7.18. The predicted molar refractivity (Wildman–Crippen MR) is 135 cm³/mol. The molecule has 1 N–H and O–H groups in total. The Morgan fingerprint density at radius 1 is 1.20 bits per heavy atom. The fraction of sp³-hybridized carbons (Fsp3) is 0.423. The van der Waals surface area contributed by atoms with Crippen molar-refractivity contribution in [2.24, 2.45) is 5.92 Å². The molecule has 0 unspecified atom stereocenters. The van der Waals surface area contributed by atoms with Gasteiger partial charge < -0.3 is 15.0 Å². The van der Waals surface area contributed by atoms with Crippen LogP contribution in [-0.4, -0.2) is 41.4 Å². The molecule has 2 aromatic rings. The first kappa shape index (κ1) is 25.5. The molecule has 2 amide bonds. The van der Waals surface area contributed by atoms with Crippen molar-refractivity contribution >= 4 is 46.8 Å². The van der Waals surface area contributed by atoms with Crippen molar-refractivity contribution < 1.29 is 23.5 Å². The second-order valence-electron chi connectivity index (χ2n) is 9.88. The molecule has 0 radical (unpaired) electrons. The van der Waals surface area contributed by atoms with Crippen molar-refractivity contribution in [3.63, 3.8) is 0 Å². The monoisotopic (exact) mass is 518 g/mol. The first-order valence-corrected chi connectivity index (χ1v) is 12.9. The van der Waals surface area contributed by atoms with Gasteiger partial charge in [0.2, 0.25) is 0 Å². The summed E-state index contributed by atoms with van der Waals surface area (Å²) < 4.78 is 18.7. The Labute approximate surface area is 213 Å². The molecule has 9 heteroatoms. The van der Waals surface area contributed by atoms with Gasteiger partial charge in [0.15, 0.2) is 5.78 Å². The summed E-state index contributed by atoms with van der Waals surface area (Å²) >= 11 is 7.45. The molecule has 0 saturated heterocycles. The SMILES string of the molecule is CC(C)(C)OC(=O)N[C@H]1CSc2ccc(C(=O)C[C@@H]3C[C@@H]3F)cc2N(Cc2ccc(Cl)cc2)C1=O. The minimum absolute atomic E-state index is 0.144. The molecule has 0 aromatic heterocycles. The number of carbonyl (C=O) groups is 3. The summed E-state index contributed by atoms with van der Waals surface area (Å²) in [4.78, 5) is 41.3. The van der Waals surface area contributed by atoms with Gasteiger partial charge in [0.1, 0.15) is 17.8 Å². The van der Waals surface area contributed by atoms with E-state index in [1.54, 1.807) is 49.9 Å². The Bertz CT molecular complexity index is 1140. The molecule has 1 heterocycles. The summed E-state index contributed by atoms with van der Waals surface area (Å²) in [6, 6.07) is 11.5. The minimum Gasteiger partial charge on any atom is -0.444 e. The molecule has 3 atom stereocenters. The number of rotatable bonds is 6. The van der Waals surface area contributed by atoms with Crippen LogP contribution in [0.3, 0.4) is 0 Å². The van der Waals surface area contributed by atoms with Gasteiger partial charge in [-0.1, -0.05) is 29.8 Å². The van der Waals surface area contributed by atoms with Gasteiger partial charge in [-0.05, 0) is 57.0 Å². The Morgan fingerprint density at radius 3 is 2.51 bits per heavy atom. The van der Waals surface area contributed by atoms with Crippen LogP contribution in [0.2, 0.25) is 5.02 Å². The lowest BCUT2D eigenvalue weighted by atomic mass is 10.0. The van der Waals surface area contributed by atoms with Gasteiger partial charge in [0, 0.05) is 33.6 Å². The third-order valence-electron chi connectivity index (χ3n) is 5.77. The van der Waals surface area contributed by atoms with Gasteiger partial charge in [0.25, 0.3) is 5.91 Å². The minimum atomic E-state index is -0.905. The molecule has 2 aromatic carbocycles. The van der Waals surface area contributed by atoms with Crippen LogP contribution in [0, 0.1) is 5.92 Å². The van der Waals surface area contributed by atoms with Crippen molar-refractivity contribution in [3.05, 3.63) is 58.6 Å². The summed E-state index contributed by atoms with van der Waals surface area (Å²) in [5.41, 5.74) is 1.16. The van der Waals surface area contributed by atoms with E-state index in [9.17, 15) is 18.8 Å². The van der Waals surface area contributed by atoms with Crippen LogP contribution in [0.4, 0.5) is 14.9 Å². The van der Waals surface area contributed by atoms with Crippen LogP contribution in [-0.2, 0) is 16.1 Å². The number of carbonyl (C=O) groups excluding carboxylic acids is 3. The molecular formula is C26H28ClFN2O4S. The summed E-state index contributed by atoms with van der Waals surface area (Å²) in [6.07, 6.45) is -1.000. The van der Waals surface area contributed by atoms with Gasteiger partial charge in [-0.2, -0.15) is 0 Å². The number of nitrogens with one attached hydrogen (secondary N) is 1. The lowest BCUT2D eigenvalue weighted by Gasteiger charge is -2.27.